The van der Waals surface area contributed by atoms with E-state index in [4.69, 9.17) is 0 Å². The van der Waals surface area contributed by atoms with Gasteiger partial charge in [-0.25, -0.2) is 0 Å². The summed E-state index contributed by atoms with van der Waals surface area (Å²) in [4.78, 5) is 38.3. The van der Waals surface area contributed by atoms with Crippen LogP contribution in [0, 0.1) is 10.1 Å². The number of nitrogens with zero attached hydrogens (tertiary/aromatic N) is 3. The Hall–Kier alpha value is -2.68. The van der Waals surface area contributed by atoms with Gasteiger partial charge in [0.25, 0.3) is 11.6 Å². The third kappa shape index (κ3) is 4.69. The molecular formula is C17H25N5O4. The van der Waals surface area contributed by atoms with Crippen molar-refractivity contribution < 1.29 is 14.5 Å². The number of hydrogen-bond acceptors (Lipinski definition) is 6. The number of amides is 2. The van der Waals surface area contributed by atoms with Crippen molar-refractivity contribution in [2.24, 2.45) is 0 Å². The van der Waals surface area contributed by atoms with Crippen LogP contribution in [0.15, 0.2) is 18.2 Å². The number of benzene rings is 1. The van der Waals surface area contributed by atoms with E-state index < -0.39 is 4.92 Å². The Balaban J connectivity index is 2.15. The van der Waals surface area contributed by atoms with Gasteiger partial charge in [-0.2, -0.15) is 0 Å². The molecule has 2 rings (SSSR count). The maximum Gasteiger partial charge on any atom is 0.293 e. The fourth-order valence-electron chi connectivity index (χ4n) is 2.79. The molecule has 0 spiro atoms. The molecule has 0 aromatic heterocycles. The summed E-state index contributed by atoms with van der Waals surface area (Å²) in [5, 5.41) is 17.3. The van der Waals surface area contributed by atoms with Crippen LogP contribution in [-0.2, 0) is 4.79 Å². The van der Waals surface area contributed by atoms with Crippen molar-refractivity contribution in [2.75, 3.05) is 44.7 Å². The molecule has 1 fully saturated rings. The van der Waals surface area contributed by atoms with Gasteiger partial charge in [-0.1, -0.05) is 0 Å². The standard InChI is InChI=1S/C17H25N5O4/c1-12(18-3)11-19-17(24)14-4-5-15(16(10-14)22(25)26)21-8-6-20(7-9-21)13(2)23/h4-5,10,12,18H,6-9,11H2,1-3H3,(H,19,24). The second-order valence-corrected chi connectivity index (χ2v) is 6.35. The lowest BCUT2D eigenvalue weighted by atomic mass is 10.1. The normalized spacial score (nSPS) is 15.5. The highest BCUT2D eigenvalue weighted by Crippen LogP contribution is 2.30. The van der Waals surface area contributed by atoms with Crippen molar-refractivity contribution in [1.29, 1.82) is 0 Å². The van der Waals surface area contributed by atoms with E-state index in [0.717, 1.165) is 0 Å². The van der Waals surface area contributed by atoms with E-state index in [-0.39, 0.29) is 29.1 Å². The van der Waals surface area contributed by atoms with Gasteiger partial charge in [0.05, 0.1) is 4.92 Å². The van der Waals surface area contributed by atoms with Crippen LogP contribution in [0.2, 0.25) is 0 Å². The van der Waals surface area contributed by atoms with Gasteiger partial charge in [0, 0.05) is 57.3 Å². The van der Waals surface area contributed by atoms with Gasteiger partial charge in [-0.15, -0.1) is 0 Å². The maximum absolute atomic E-state index is 12.2. The highest BCUT2D eigenvalue weighted by atomic mass is 16.6. The summed E-state index contributed by atoms with van der Waals surface area (Å²) in [6, 6.07) is 4.62. The molecule has 1 aromatic rings. The van der Waals surface area contributed by atoms with Crippen LogP contribution in [0.5, 0.6) is 0 Å². The quantitative estimate of drug-likeness (QED) is 0.566. The predicted octanol–water partition coefficient (Wildman–Crippen LogP) is 0.601. The Morgan fingerprint density at radius 3 is 2.46 bits per heavy atom. The van der Waals surface area contributed by atoms with E-state index in [1.165, 1.54) is 13.0 Å². The summed E-state index contributed by atoms with van der Waals surface area (Å²) in [6.45, 7) is 5.95. The molecule has 0 radical (unpaired) electrons. The molecule has 2 N–H and O–H groups in total. The Bertz CT molecular complexity index is 686. The number of carbonyl (C=O) groups is 2. The Morgan fingerprint density at radius 1 is 1.27 bits per heavy atom. The second kappa shape index (κ2) is 8.61. The average Bonchev–Trinajstić information content (AvgIpc) is 2.65. The van der Waals surface area contributed by atoms with Crippen molar-refractivity contribution in [3.8, 4) is 0 Å². The summed E-state index contributed by atoms with van der Waals surface area (Å²) in [5.41, 5.74) is 0.625. The lowest BCUT2D eigenvalue weighted by Gasteiger charge is -2.35. The summed E-state index contributed by atoms with van der Waals surface area (Å²) in [5.74, 6) is -0.342. The minimum atomic E-state index is -0.473. The highest BCUT2D eigenvalue weighted by molar-refractivity contribution is 5.95. The fraction of sp³-hybridized carbons (Fsp3) is 0.529. The summed E-state index contributed by atoms with van der Waals surface area (Å²) >= 11 is 0. The predicted molar refractivity (Wildman–Crippen MR) is 98.4 cm³/mol. The molecule has 1 aromatic carbocycles. The molecule has 1 saturated heterocycles. The molecule has 1 aliphatic heterocycles. The summed E-state index contributed by atoms with van der Waals surface area (Å²) in [7, 11) is 1.79. The number of carbonyl (C=O) groups excluding carboxylic acids is 2. The Kier molecular flexibility index (Phi) is 6.51. The smallest absolute Gasteiger partial charge is 0.293 e. The van der Waals surface area contributed by atoms with Gasteiger partial charge in [-0.05, 0) is 26.1 Å². The van der Waals surface area contributed by atoms with Crippen molar-refractivity contribution >= 4 is 23.2 Å². The average molecular weight is 363 g/mol. The number of rotatable bonds is 6. The third-order valence-electron chi connectivity index (χ3n) is 4.56. The SMILES string of the molecule is CNC(C)CNC(=O)c1ccc(N2CCN(C(C)=O)CC2)c([N+](=O)[O-])c1. The van der Waals surface area contributed by atoms with Crippen LogP contribution >= 0.6 is 0 Å². The van der Waals surface area contributed by atoms with Crippen LogP contribution in [-0.4, -0.2) is 67.5 Å². The van der Waals surface area contributed by atoms with Gasteiger partial charge in [0.2, 0.25) is 5.91 Å². The first kappa shape index (κ1) is 19.6. The molecule has 0 saturated carbocycles. The Morgan fingerprint density at radius 2 is 1.92 bits per heavy atom. The lowest BCUT2D eigenvalue weighted by molar-refractivity contribution is -0.384. The van der Waals surface area contributed by atoms with Crippen LogP contribution in [0.3, 0.4) is 0 Å². The fourth-order valence-corrected chi connectivity index (χ4v) is 2.79. The maximum atomic E-state index is 12.2. The number of nitro benzene ring substituents is 1. The van der Waals surface area contributed by atoms with Gasteiger partial charge in [0.15, 0.2) is 0 Å². The number of piperazine rings is 1. The van der Waals surface area contributed by atoms with Crippen molar-refractivity contribution in [3.63, 3.8) is 0 Å². The Labute approximate surface area is 152 Å². The van der Waals surface area contributed by atoms with E-state index >= 15 is 0 Å². The molecule has 0 bridgehead atoms. The van der Waals surface area contributed by atoms with Crippen molar-refractivity contribution in [3.05, 3.63) is 33.9 Å². The molecule has 1 unspecified atom stereocenters. The van der Waals surface area contributed by atoms with Crippen LogP contribution in [0.4, 0.5) is 11.4 Å². The van der Waals surface area contributed by atoms with Gasteiger partial charge < -0.3 is 20.4 Å². The third-order valence-corrected chi connectivity index (χ3v) is 4.56. The molecule has 0 aliphatic carbocycles. The zero-order valence-corrected chi connectivity index (χ0v) is 15.3. The molecule has 2 amide bonds. The van der Waals surface area contributed by atoms with Crippen molar-refractivity contribution in [1.82, 2.24) is 15.5 Å². The van der Waals surface area contributed by atoms with Crippen molar-refractivity contribution in [2.45, 2.75) is 19.9 Å². The zero-order chi connectivity index (χ0) is 19.3. The first-order chi connectivity index (χ1) is 12.3. The summed E-state index contributed by atoms with van der Waals surface area (Å²) in [6.07, 6.45) is 0. The minimum Gasteiger partial charge on any atom is -0.362 e. The number of anilines is 1. The molecule has 26 heavy (non-hydrogen) atoms. The van der Waals surface area contributed by atoms with E-state index in [2.05, 4.69) is 10.6 Å². The highest BCUT2D eigenvalue weighted by Gasteiger charge is 2.25. The number of nitro groups is 1. The number of hydrogen-bond donors (Lipinski definition) is 2. The molecule has 1 aliphatic rings. The number of likely N-dealkylation sites (N-methyl/N-ethyl adjacent to an activating group) is 1. The molecule has 1 heterocycles. The monoisotopic (exact) mass is 363 g/mol. The lowest BCUT2D eigenvalue weighted by Crippen LogP contribution is -2.48. The van der Waals surface area contributed by atoms with E-state index in [0.29, 0.717) is 38.4 Å². The first-order valence-electron chi connectivity index (χ1n) is 8.57. The second-order valence-electron chi connectivity index (χ2n) is 6.35. The van der Waals surface area contributed by atoms with E-state index in [9.17, 15) is 19.7 Å². The van der Waals surface area contributed by atoms with Crippen LogP contribution in [0.25, 0.3) is 0 Å². The van der Waals surface area contributed by atoms with E-state index in [1.807, 2.05) is 11.8 Å². The van der Waals surface area contributed by atoms with E-state index in [1.54, 1.807) is 24.1 Å². The van der Waals surface area contributed by atoms with Crippen LogP contribution in [0.1, 0.15) is 24.2 Å². The first-order valence-corrected chi connectivity index (χ1v) is 8.57. The largest absolute Gasteiger partial charge is 0.362 e. The molecule has 1 atom stereocenters. The molecular weight excluding hydrogens is 338 g/mol. The van der Waals surface area contributed by atoms with Gasteiger partial charge in [-0.3, -0.25) is 19.7 Å². The number of nitrogens with one attached hydrogen (secondary N) is 2. The van der Waals surface area contributed by atoms with Crippen LogP contribution < -0.4 is 15.5 Å². The molecule has 9 heteroatoms. The molecule has 142 valence electrons. The van der Waals surface area contributed by atoms with Gasteiger partial charge in [0.1, 0.15) is 5.69 Å². The minimum absolute atomic E-state index is 0.00182. The topological polar surface area (TPSA) is 108 Å². The van der Waals surface area contributed by atoms with Gasteiger partial charge >= 0.3 is 0 Å². The zero-order valence-electron chi connectivity index (χ0n) is 15.3. The summed E-state index contributed by atoms with van der Waals surface area (Å²) < 4.78 is 0. The molecule has 9 nitrogen and oxygen atoms in total.